The highest BCUT2D eigenvalue weighted by Crippen LogP contribution is 2.37. The van der Waals surface area contributed by atoms with Crippen molar-refractivity contribution >= 4 is 39.1 Å². The Bertz CT molecular complexity index is 1890. The Morgan fingerprint density at radius 3 is 2.02 bits per heavy atom. The van der Waals surface area contributed by atoms with E-state index in [0.29, 0.717) is 5.75 Å². The molecule has 51 heavy (non-hydrogen) atoms. The Morgan fingerprint density at radius 2 is 1.39 bits per heavy atom. The first kappa shape index (κ1) is 37.5. The van der Waals surface area contributed by atoms with E-state index in [-0.39, 0.29) is 52.0 Å². The van der Waals surface area contributed by atoms with Crippen LogP contribution in [-0.2, 0) is 32.6 Å². The summed E-state index contributed by atoms with van der Waals surface area (Å²) in [4.78, 5) is 30.5. The zero-order chi connectivity index (χ0) is 36.4. The number of ether oxygens (including phenoxy) is 3. The molecule has 1 N–H and O–H groups in total. The van der Waals surface area contributed by atoms with Crippen LogP contribution in [0.25, 0.3) is 0 Å². The van der Waals surface area contributed by atoms with Crippen LogP contribution in [0, 0.1) is 0 Å². The first-order valence-corrected chi connectivity index (χ1v) is 18.7. The first-order valence-electron chi connectivity index (χ1n) is 16.9. The summed E-state index contributed by atoms with van der Waals surface area (Å²) in [5.74, 6) is -0.173. The number of nitrogens with one attached hydrogen (secondary N) is 1. The molecule has 10 nitrogen and oxygen atoms in total. The highest BCUT2D eigenvalue weighted by atomic mass is 35.5. The summed E-state index contributed by atoms with van der Waals surface area (Å²) >= 11 is 6.42. The van der Waals surface area contributed by atoms with E-state index in [1.165, 1.54) is 56.6 Å². The first-order chi connectivity index (χ1) is 24.6. The quantitative estimate of drug-likeness (QED) is 0.146. The van der Waals surface area contributed by atoms with Gasteiger partial charge in [-0.15, -0.1) is 0 Å². The Balaban J connectivity index is 1.61. The van der Waals surface area contributed by atoms with Gasteiger partial charge in [0.15, 0.2) is 11.5 Å². The highest BCUT2D eigenvalue weighted by molar-refractivity contribution is 7.92. The summed E-state index contributed by atoms with van der Waals surface area (Å²) < 4.78 is 46.6. The molecule has 0 saturated heterocycles. The lowest BCUT2D eigenvalue weighted by Gasteiger charge is -2.35. The third kappa shape index (κ3) is 9.33. The molecule has 4 aromatic rings. The molecular formula is C39H44ClN3O7S. The van der Waals surface area contributed by atoms with Crippen LogP contribution in [-0.4, -0.2) is 65.1 Å². The van der Waals surface area contributed by atoms with Crippen LogP contribution in [0.4, 0.5) is 5.69 Å². The third-order valence-electron chi connectivity index (χ3n) is 9.05. The molecule has 2 amide bonds. The summed E-state index contributed by atoms with van der Waals surface area (Å²) in [7, 11) is -0.218. The number of hydrogen-bond acceptors (Lipinski definition) is 7. The predicted molar refractivity (Wildman–Crippen MR) is 198 cm³/mol. The fraction of sp³-hybridized carbons (Fsp3) is 0.333. The highest BCUT2D eigenvalue weighted by Gasteiger charge is 2.36. The topological polar surface area (TPSA) is 114 Å². The maximum Gasteiger partial charge on any atom is 0.265 e. The van der Waals surface area contributed by atoms with E-state index in [1.54, 1.807) is 6.07 Å². The molecule has 0 radical (unpaired) electrons. The molecule has 1 atom stereocenters. The normalized spacial score (nSPS) is 13.9. The monoisotopic (exact) mass is 733 g/mol. The number of benzene rings is 4. The molecule has 12 heteroatoms. The number of anilines is 1. The van der Waals surface area contributed by atoms with Crippen molar-refractivity contribution < 1.29 is 32.2 Å². The second-order valence-electron chi connectivity index (χ2n) is 12.4. The van der Waals surface area contributed by atoms with Crippen molar-refractivity contribution in [3.63, 3.8) is 0 Å². The average molecular weight is 734 g/mol. The van der Waals surface area contributed by atoms with Crippen molar-refractivity contribution in [2.24, 2.45) is 0 Å². The number of nitrogens with zero attached hydrogens (tertiary/aromatic N) is 2. The van der Waals surface area contributed by atoms with Crippen LogP contribution in [0.5, 0.6) is 17.2 Å². The van der Waals surface area contributed by atoms with Gasteiger partial charge in [0, 0.05) is 30.1 Å². The molecule has 1 aliphatic carbocycles. The van der Waals surface area contributed by atoms with E-state index in [9.17, 15) is 18.0 Å². The number of carbonyl (C=O) groups is 2. The Morgan fingerprint density at radius 1 is 0.784 bits per heavy atom. The summed E-state index contributed by atoms with van der Waals surface area (Å²) in [6.07, 6.45) is 5.11. The fourth-order valence-corrected chi connectivity index (χ4v) is 7.95. The molecule has 1 unspecified atom stereocenters. The Labute approximate surface area is 305 Å². The van der Waals surface area contributed by atoms with E-state index in [0.717, 1.165) is 47.5 Å². The fourth-order valence-electron chi connectivity index (χ4n) is 6.35. The molecule has 5 rings (SSSR count). The lowest BCUT2D eigenvalue weighted by Crippen LogP contribution is -2.55. The third-order valence-corrected chi connectivity index (χ3v) is 11.0. The van der Waals surface area contributed by atoms with Crippen molar-refractivity contribution in [1.29, 1.82) is 0 Å². The zero-order valence-corrected chi connectivity index (χ0v) is 30.7. The van der Waals surface area contributed by atoms with Gasteiger partial charge in [-0.2, -0.15) is 0 Å². The minimum Gasteiger partial charge on any atom is -0.495 e. The zero-order valence-electron chi connectivity index (χ0n) is 29.1. The summed E-state index contributed by atoms with van der Waals surface area (Å²) in [5, 5.41) is 3.46. The molecule has 0 spiro atoms. The van der Waals surface area contributed by atoms with Crippen LogP contribution in [0.15, 0.2) is 102 Å². The largest absolute Gasteiger partial charge is 0.495 e. The molecule has 4 aromatic carbocycles. The molecule has 0 aliphatic heterocycles. The van der Waals surface area contributed by atoms with Gasteiger partial charge in [0.25, 0.3) is 10.0 Å². The summed E-state index contributed by atoms with van der Waals surface area (Å²) in [6, 6.07) is 26.6. The van der Waals surface area contributed by atoms with Gasteiger partial charge in [0.05, 0.1) is 31.9 Å². The molecular weight excluding hydrogens is 690 g/mol. The Hall–Kier alpha value is -4.74. The molecule has 0 aromatic heterocycles. The molecule has 1 saturated carbocycles. The van der Waals surface area contributed by atoms with Crippen molar-refractivity contribution in [2.75, 3.05) is 32.2 Å². The maximum atomic E-state index is 14.9. The second-order valence-corrected chi connectivity index (χ2v) is 14.7. The van der Waals surface area contributed by atoms with Gasteiger partial charge in [-0.05, 0) is 54.3 Å². The summed E-state index contributed by atoms with van der Waals surface area (Å²) in [5.41, 5.74) is 1.70. The van der Waals surface area contributed by atoms with Crippen LogP contribution >= 0.6 is 11.6 Å². The summed E-state index contributed by atoms with van der Waals surface area (Å²) in [6.45, 7) is -0.603. The van der Waals surface area contributed by atoms with Crippen molar-refractivity contribution in [3.05, 3.63) is 113 Å². The second kappa shape index (κ2) is 17.5. The minimum absolute atomic E-state index is 0.00384. The Kier molecular flexibility index (Phi) is 12.8. The van der Waals surface area contributed by atoms with Crippen LogP contribution in [0.1, 0.15) is 43.2 Å². The molecule has 0 heterocycles. The number of carbonyl (C=O) groups excluding carboxylic acids is 2. The number of halogens is 1. The number of rotatable bonds is 15. The number of methoxy groups -OCH3 is 3. The molecule has 1 aliphatic rings. The van der Waals surface area contributed by atoms with E-state index in [2.05, 4.69) is 5.32 Å². The van der Waals surface area contributed by atoms with E-state index >= 15 is 0 Å². The maximum absolute atomic E-state index is 14.9. The smallest absolute Gasteiger partial charge is 0.265 e. The SMILES string of the molecule is COc1ccc(S(=O)(=O)N(CC(=O)N(Cc2ccccc2)C(Cc2ccccc2)C(=O)NC2CCCCC2)c2cc(Cl)ccc2OC)cc1OC. The van der Waals surface area contributed by atoms with Crippen LogP contribution in [0.2, 0.25) is 5.02 Å². The van der Waals surface area contributed by atoms with Gasteiger partial charge >= 0.3 is 0 Å². The minimum atomic E-state index is -4.48. The van der Waals surface area contributed by atoms with Gasteiger partial charge in [-0.3, -0.25) is 13.9 Å². The number of sulfonamides is 1. The average Bonchev–Trinajstić information content (AvgIpc) is 3.15. The lowest BCUT2D eigenvalue weighted by molar-refractivity contribution is -0.140. The van der Waals surface area contributed by atoms with Gasteiger partial charge in [0.2, 0.25) is 11.8 Å². The number of amides is 2. The van der Waals surface area contributed by atoms with Crippen molar-refractivity contribution in [2.45, 2.75) is 62.0 Å². The van der Waals surface area contributed by atoms with Crippen LogP contribution < -0.4 is 23.8 Å². The molecule has 270 valence electrons. The lowest BCUT2D eigenvalue weighted by atomic mass is 9.94. The predicted octanol–water partition coefficient (Wildman–Crippen LogP) is 6.65. The van der Waals surface area contributed by atoms with Crippen LogP contribution in [0.3, 0.4) is 0 Å². The van der Waals surface area contributed by atoms with Gasteiger partial charge in [0.1, 0.15) is 18.3 Å². The van der Waals surface area contributed by atoms with Gasteiger partial charge < -0.3 is 24.4 Å². The van der Waals surface area contributed by atoms with Gasteiger partial charge in [-0.25, -0.2) is 8.42 Å². The number of hydrogen-bond donors (Lipinski definition) is 1. The van der Waals surface area contributed by atoms with Gasteiger partial charge in [-0.1, -0.05) is 91.5 Å². The molecule has 1 fully saturated rings. The van der Waals surface area contributed by atoms with E-state index < -0.39 is 28.5 Å². The van der Waals surface area contributed by atoms with Crippen molar-refractivity contribution in [3.8, 4) is 17.2 Å². The standard InChI is InChI=1S/C39H44ClN3O7S/c1-48-35-21-19-30(40)24-33(35)43(51(46,47)32-20-22-36(49-2)37(25-32)50-3)27-38(44)42(26-29-15-9-5-10-16-29)34(23-28-13-7-4-8-14-28)39(45)41-31-17-11-6-12-18-31/h4-5,7-10,13-16,19-22,24-25,31,34H,6,11-12,17-18,23,26-27H2,1-3H3,(H,41,45). The van der Waals surface area contributed by atoms with E-state index in [1.807, 2.05) is 60.7 Å². The molecule has 0 bridgehead atoms. The van der Waals surface area contributed by atoms with Crippen molar-refractivity contribution in [1.82, 2.24) is 10.2 Å². The van der Waals surface area contributed by atoms with E-state index in [4.69, 9.17) is 25.8 Å².